The van der Waals surface area contributed by atoms with Crippen molar-refractivity contribution in [1.82, 2.24) is 29.7 Å². The lowest BCUT2D eigenvalue weighted by atomic mass is 9.89. The second-order valence-electron chi connectivity index (χ2n) is 9.33. The topological polar surface area (TPSA) is 78.6 Å². The van der Waals surface area contributed by atoms with E-state index in [-0.39, 0.29) is 18.1 Å². The molecule has 1 saturated carbocycles. The van der Waals surface area contributed by atoms with E-state index in [4.69, 9.17) is 26.3 Å². The third-order valence-corrected chi connectivity index (χ3v) is 6.76. The van der Waals surface area contributed by atoms with Gasteiger partial charge in [-0.3, -0.25) is 4.68 Å². The Balaban J connectivity index is 1.41. The first-order valence-electron chi connectivity index (χ1n) is 11.6. The molecule has 3 aromatic heterocycles. The van der Waals surface area contributed by atoms with Crippen LogP contribution < -0.4 is 0 Å². The Hall–Kier alpha value is -2.97. The van der Waals surface area contributed by atoms with E-state index in [1.54, 1.807) is 18.3 Å². The Morgan fingerprint density at radius 2 is 1.97 bits per heavy atom. The summed E-state index contributed by atoms with van der Waals surface area (Å²) in [5, 5.41) is 4.86. The predicted octanol–water partition coefficient (Wildman–Crippen LogP) is 5.74. The Labute approximate surface area is 201 Å². The van der Waals surface area contributed by atoms with Crippen LogP contribution in [0, 0.1) is 12.7 Å². The van der Waals surface area contributed by atoms with E-state index in [9.17, 15) is 4.39 Å². The molecule has 9 heteroatoms. The minimum Gasteiger partial charge on any atom is -0.370 e. The first kappa shape index (κ1) is 21.6. The molecule has 0 amide bonds. The minimum atomic E-state index is -0.452. The lowest BCUT2D eigenvalue weighted by Gasteiger charge is -2.33. The van der Waals surface area contributed by atoms with Crippen molar-refractivity contribution < 1.29 is 9.13 Å². The van der Waals surface area contributed by atoms with Crippen molar-refractivity contribution in [3.63, 3.8) is 0 Å². The van der Waals surface area contributed by atoms with Gasteiger partial charge in [-0.1, -0.05) is 11.6 Å². The van der Waals surface area contributed by atoms with Crippen molar-refractivity contribution in [3.8, 4) is 11.3 Å². The highest BCUT2D eigenvalue weighted by atomic mass is 35.5. The Bertz CT molecular complexity index is 1390. The molecule has 0 bridgehead atoms. The molecule has 0 spiro atoms. The number of fused-ring (bicyclic) bond motifs is 1. The molecule has 0 unspecified atom stereocenters. The van der Waals surface area contributed by atoms with Crippen LogP contribution in [0.25, 0.3) is 22.4 Å². The zero-order chi connectivity index (χ0) is 23.4. The van der Waals surface area contributed by atoms with Crippen LogP contribution in [0.2, 0.25) is 5.02 Å². The van der Waals surface area contributed by atoms with Gasteiger partial charge < -0.3 is 4.74 Å². The zero-order valence-corrected chi connectivity index (χ0v) is 19.7. The highest BCUT2D eigenvalue weighted by Crippen LogP contribution is 2.41. The number of rotatable bonds is 4. The Morgan fingerprint density at radius 3 is 2.76 bits per heavy atom. The summed E-state index contributed by atoms with van der Waals surface area (Å²) in [7, 11) is 0. The third-order valence-electron chi connectivity index (χ3n) is 6.52. The van der Waals surface area contributed by atoms with Gasteiger partial charge in [0, 0.05) is 34.5 Å². The molecule has 0 N–H and O–H groups in total. The van der Waals surface area contributed by atoms with E-state index >= 15 is 0 Å². The highest BCUT2D eigenvalue weighted by molar-refractivity contribution is 6.30. The number of aromatic nitrogens is 6. The van der Waals surface area contributed by atoms with Gasteiger partial charge >= 0.3 is 0 Å². The molecule has 4 heterocycles. The molecule has 1 aromatic carbocycles. The molecule has 6 rings (SSSR count). The summed E-state index contributed by atoms with van der Waals surface area (Å²) in [6.45, 7) is 3.93. The number of hydrogen-bond donors (Lipinski definition) is 0. The van der Waals surface area contributed by atoms with E-state index in [0.29, 0.717) is 45.7 Å². The van der Waals surface area contributed by atoms with E-state index in [1.165, 1.54) is 18.9 Å². The summed E-state index contributed by atoms with van der Waals surface area (Å²) in [6.07, 6.45) is 9.42. The molecule has 1 saturated heterocycles. The first-order valence-corrected chi connectivity index (χ1v) is 12.0. The van der Waals surface area contributed by atoms with Gasteiger partial charge in [0.05, 0.1) is 30.1 Å². The maximum Gasteiger partial charge on any atom is 0.182 e. The van der Waals surface area contributed by atoms with Crippen LogP contribution in [0.3, 0.4) is 0 Å². The van der Waals surface area contributed by atoms with Gasteiger partial charge in [0.25, 0.3) is 0 Å². The van der Waals surface area contributed by atoms with Crippen molar-refractivity contribution in [2.45, 2.75) is 63.7 Å². The van der Waals surface area contributed by atoms with Crippen LogP contribution in [-0.4, -0.2) is 35.8 Å². The van der Waals surface area contributed by atoms with Crippen molar-refractivity contribution in [2.75, 3.05) is 0 Å². The van der Waals surface area contributed by atoms with Gasteiger partial charge in [-0.05, 0) is 57.7 Å². The maximum absolute atomic E-state index is 14.9. The molecule has 3 atom stereocenters. The number of nitrogens with zero attached hydrogens (tertiary/aromatic N) is 6. The van der Waals surface area contributed by atoms with Gasteiger partial charge in [0.15, 0.2) is 5.65 Å². The van der Waals surface area contributed by atoms with Crippen LogP contribution in [0.15, 0.2) is 36.8 Å². The first-order chi connectivity index (χ1) is 16.4. The second kappa shape index (κ2) is 8.36. The Morgan fingerprint density at radius 1 is 1.12 bits per heavy atom. The van der Waals surface area contributed by atoms with Gasteiger partial charge in [0.2, 0.25) is 0 Å². The monoisotopic (exact) mass is 478 g/mol. The predicted molar refractivity (Wildman–Crippen MR) is 126 cm³/mol. The highest BCUT2D eigenvalue weighted by Gasteiger charge is 2.33. The van der Waals surface area contributed by atoms with E-state index in [1.807, 2.05) is 17.8 Å². The van der Waals surface area contributed by atoms with Gasteiger partial charge in [-0.2, -0.15) is 5.10 Å². The van der Waals surface area contributed by atoms with E-state index in [0.717, 1.165) is 17.7 Å². The average Bonchev–Trinajstić information content (AvgIpc) is 3.54. The molecule has 1 aliphatic heterocycles. The third kappa shape index (κ3) is 4.05. The number of hydrogen-bond acceptors (Lipinski definition) is 6. The summed E-state index contributed by atoms with van der Waals surface area (Å²) in [5.41, 5.74) is 3.51. The summed E-state index contributed by atoms with van der Waals surface area (Å²) < 4.78 is 23.2. The number of aryl methyl sites for hydroxylation is 1. The fourth-order valence-corrected chi connectivity index (χ4v) is 4.85. The Kier molecular flexibility index (Phi) is 5.30. The number of benzene rings is 1. The SMILES string of the molecule is Cc1cnc2c(-c3ccc(Cl)cc3F)nc([C@@H]3C[C@@H](C)O[C@H](c4cnn(C5CC5)c4)C3)nc2n1. The van der Waals surface area contributed by atoms with Crippen LogP contribution in [0.5, 0.6) is 0 Å². The normalized spacial score (nSPS) is 22.9. The minimum absolute atomic E-state index is 0.0200. The molecular weight excluding hydrogens is 455 g/mol. The molecule has 174 valence electrons. The zero-order valence-electron chi connectivity index (χ0n) is 18.9. The van der Waals surface area contributed by atoms with Crippen LogP contribution >= 0.6 is 11.6 Å². The van der Waals surface area contributed by atoms with E-state index < -0.39 is 5.82 Å². The molecule has 34 heavy (non-hydrogen) atoms. The maximum atomic E-state index is 14.9. The van der Waals surface area contributed by atoms with Gasteiger partial charge in [-0.15, -0.1) is 0 Å². The molecule has 4 aromatic rings. The summed E-state index contributed by atoms with van der Waals surface area (Å²) in [5.74, 6) is 0.205. The molecule has 1 aliphatic carbocycles. The van der Waals surface area contributed by atoms with Crippen molar-refractivity contribution in [2.24, 2.45) is 0 Å². The van der Waals surface area contributed by atoms with Crippen LogP contribution in [-0.2, 0) is 4.74 Å². The molecule has 7 nitrogen and oxygen atoms in total. The van der Waals surface area contributed by atoms with Crippen LogP contribution in [0.4, 0.5) is 4.39 Å². The fourth-order valence-electron chi connectivity index (χ4n) is 4.69. The fraction of sp³-hybridized carbons (Fsp3) is 0.400. The summed E-state index contributed by atoms with van der Waals surface area (Å²) in [4.78, 5) is 18.7. The smallest absolute Gasteiger partial charge is 0.182 e. The van der Waals surface area contributed by atoms with Crippen LogP contribution in [0.1, 0.15) is 67.8 Å². The molecule has 2 aliphatic rings. The average molecular weight is 479 g/mol. The second-order valence-corrected chi connectivity index (χ2v) is 9.76. The van der Waals surface area contributed by atoms with Gasteiger partial charge in [0.1, 0.15) is 22.9 Å². The number of ether oxygens (including phenoxy) is 1. The molecule has 2 fully saturated rings. The van der Waals surface area contributed by atoms with Gasteiger partial charge in [-0.25, -0.2) is 24.3 Å². The van der Waals surface area contributed by atoms with E-state index in [2.05, 4.69) is 28.2 Å². The quantitative estimate of drug-likeness (QED) is 0.372. The lowest BCUT2D eigenvalue weighted by Crippen LogP contribution is -2.26. The van der Waals surface area contributed by atoms with Crippen molar-refractivity contribution >= 4 is 22.8 Å². The summed E-state index contributed by atoms with van der Waals surface area (Å²) >= 11 is 5.99. The van der Waals surface area contributed by atoms with Crippen molar-refractivity contribution in [1.29, 1.82) is 0 Å². The standard InChI is InChI=1S/C25H24ClFN6O/c1-13-10-28-23-22(19-6-3-17(26)9-20(19)27)31-24(32-25(23)30-13)15-7-14(2)34-21(8-15)16-11-29-33(12-16)18-4-5-18/h3,6,9-12,14-15,18,21H,4-5,7-8H2,1-2H3/t14-,15-,21+/m1/s1. The lowest BCUT2D eigenvalue weighted by molar-refractivity contribution is -0.0511. The molecule has 0 radical (unpaired) electrons. The summed E-state index contributed by atoms with van der Waals surface area (Å²) in [6, 6.07) is 5.09. The number of halogens is 2. The van der Waals surface area contributed by atoms with Crippen molar-refractivity contribution in [3.05, 3.63) is 64.7 Å². The molecular formula is C25H24ClFN6O. The largest absolute Gasteiger partial charge is 0.370 e.